The summed E-state index contributed by atoms with van der Waals surface area (Å²) in [5, 5.41) is 0. The quantitative estimate of drug-likeness (QED) is 0.290. The summed E-state index contributed by atoms with van der Waals surface area (Å²) >= 11 is 2.53. The van der Waals surface area contributed by atoms with Crippen molar-refractivity contribution in [2.24, 2.45) is 40.4 Å². The SMILES string of the molecule is CC(=O)OC1=CC2=CC(=O)C=C[C@]2(C)[C@H]2CC[C@]3(C)[C@@H]([C@H](C)CI)CC[C@H]3[C@H]12. The number of carbonyl (C=O) groups excluding carboxylic acids is 2. The van der Waals surface area contributed by atoms with E-state index in [0.717, 1.165) is 29.6 Å². The van der Waals surface area contributed by atoms with Crippen LogP contribution in [0.3, 0.4) is 0 Å². The molecule has 28 heavy (non-hydrogen) atoms. The minimum Gasteiger partial charge on any atom is -0.431 e. The average Bonchev–Trinajstić information content (AvgIpc) is 2.99. The van der Waals surface area contributed by atoms with E-state index in [0.29, 0.717) is 17.3 Å². The molecule has 0 spiro atoms. The number of ether oxygens (including phenoxy) is 1. The number of alkyl halides is 1. The minimum atomic E-state index is -0.255. The highest BCUT2D eigenvalue weighted by atomic mass is 127. The molecule has 0 unspecified atom stereocenters. The Morgan fingerprint density at radius 1 is 1.25 bits per heavy atom. The zero-order chi connectivity index (χ0) is 20.3. The Labute approximate surface area is 182 Å². The van der Waals surface area contributed by atoms with E-state index in [9.17, 15) is 9.59 Å². The Hall–Kier alpha value is -0.910. The first-order valence-electron chi connectivity index (χ1n) is 10.6. The van der Waals surface area contributed by atoms with Crippen LogP contribution in [-0.2, 0) is 14.3 Å². The second-order valence-corrected chi connectivity index (χ2v) is 10.7. The molecule has 4 rings (SSSR count). The van der Waals surface area contributed by atoms with Crippen LogP contribution >= 0.6 is 22.6 Å². The lowest BCUT2D eigenvalue weighted by molar-refractivity contribution is -0.140. The molecule has 0 aliphatic heterocycles. The van der Waals surface area contributed by atoms with Gasteiger partial charge in [0.15, 0.2) is 5.78 Å². The maximum absolute atomic E-state index is 12.0. The normalized spacial score (nSPS) is 42.7. The molecule has 3 nitrogen and oxygen atoms in total. The Bertz CT molecular complexity index is 794. The summed E-state index contributed by atoms with van der Waals surface area (Å²) < 4.78 is 7.00. The van der Waals surface area contributed by atoms with E-state index in [1.54, 1.807) is 12.2 Å². The number of rotatable bonds is 3. The van der Waals surface area contributed by atoms with Crippen LogP contribution in [0.2, 0.25) is 0 Å². The summed E-state index contributed by atoms with van der Waals surface area (Å²) in [5.74, 6) is 3.22. The number of hydrogen-bond donors (Lipinski definition) is 0. The largest absolute Gasteiger partial charge is 0.431 e. The molecule has 2 fully saturated rings. The molecule has 0 radical (unpaired) electrons. The van der Waals surface area contributed by atoms with Gasteiger partial charge in [-0.25, -0.2) is 0 Å². The summed E-state index contributed by atoms with van der Waals surface area (Å²) in [6, 6.07) is 0. The van der Waals surface area contributed by atoms with E-state index in [1.807, 2.05) is 6.08 Å². The predicted octanol–water partition coefficient (Wildman–Crippen LogP) is 5.65. The molecular weight excluding hydrogens is 463 g/mol. The van der Waals surface area contributed by atoms with Gasteiger partial charge in [-0.2, -0.15) is 0 Å². The highest BCUT2D eigenvalue weighted by Gasteiger charge is 2.60. The fraction of sp³-hybridized carbons (Fsp3) is 0.667. The van der Waals surface area contributed by atoms with Crippen molar-refractivity contribution in [3.05, 3.63) is 35.6 Å². The maximum Gasteiger partial charge on any atom is 0.307 e. The van der Waals surface area contributed by atoms with Crippen molar-refractivity contribution in [2.75, 3.05) is 4.43 Å². The molecule has 0 heterocycles. The van der Waals surface area contributed by atoms with Crippen molar-refractivity contribution in [1.82, 2.24) is 0 Å². The summed E-state index contributed by atoms with van der Waals surface area (Å²) in [6.45, 7) is 8.65. The molecule has 7 atom stereocenters. The van der Waals surface area contributed by atoms with Crippen molar-refractivity contribution in [2.45, 2.75) is 53.4 Å². The maximum atomic E-state index is 12.0. The molecule has 0 amide bonds. The number of carbonyl (C=O) groups is 2. The smallest absolute Gasteiger partial charge is 0.307 e. The van der Waals surface area contributed by atoms with Gasteiger partial charge in [0.1, 0.15) is 5.76 Å². The molecule has 4 aliphatic rings. The van der Waals surface area contributed by atoms with Gasteiger partial charge >= 0.3 is 5.97 Å². The van der Waals surface area contributed by atoms with Gasteiger partial charge in [-0.05, 0) is 78.6 Å². The van der Waals surface area contributed by atoms with Crippen LogP contribution in [0.5, 0.6) is 0 Å². The molecule has 2 saturated carbocycles. The summed E-state index contributed by atoms with van der Waals surface area (Å²) in [5.41, 5.74) is 1.17. The first-order chi connectivity index (χ1) is 13.2. The molecule has 0 aromatic rings. The van der Waals surface area contributed by atoms with E-state index < -0.39 is 0 Å². The summed E-state index contributed by atoms with van der Waals surface area (Å²) in [4.78, 5) is 23.9. The van der Waals surface area contributed by atoms with Crippen LogP contribution in [0.25, 0.3) is 0 Å². The topological polar surface area (TPSA) is 43.4 Å². The van der Waals surface area contributed by atoms with E-state index >= 15 is 0 Å². The van der Waals surface area contributed by atoms with Crippen LogP contribution < -0.4 is 0 Å². The third-order valence-corrected chi connectivity index (χ3v) is 9.84. The number of esters is 1. The van der Waals surface area contributed by atoms with Gasteiger partial charge in [0, 0.05) is 22.7 Å². The number of hydrogen-bond acceptors (Lipinski definition) is 3. The zero-order valence-corrected chi connectivity index (χ0v) is 19.5. The lowest BCUT2D eigenvalue weighted by atomic mass is 9.48. The molecule has 4 aliphatic carbocycles. The Morgan fingerprint density at radius 2 is 2.00 bits per heavy atom. The minimum absolute atomic E-state index is 0.0294. The number of halogens is 1. The van der Waals surface area contributed by atoms with Crippen LogP contribution in [-0.4, -0.2) is 16.2 Å². The van der Waals surface area contributed by atoms with Crippen molar-refractivity contribution in [3.63, 3.8) is 0 Å². The highest BCUT2D eigenvalue weighted by Crippen LogP contribution is 2.67. The predicted molar refractivity (Wildman–Crippen MR) is 119 cm³/mol. The van der Waals surface area contributed by atoms with Gasteiger partial charge in [0.25, 0.3) is 0 Å². The van der Waals surface area contributed by atoms with Crippen LogP contribution in [0.4, 0.5) is 0 Å². The first kappa shape index (κ1) is 20.4. The number of ketones is 1. The summed E-state index contributed by atoms with van der Waals surface area (Å²) in [6.07, 6.45) is 12.4. The fourth-order valence-electron chi connectivity index (χ4n) is 7.05. The molecule has 0 saturated heterocycles. The molecule has 0 bridgehead atoms. The Balaban J connectivity index is 1.80. The van der Waals surface area contributed by atoms with E-state index in [2.05, 4.69) is 49.4 Å². The van der Waals surface area contributed by atoms with Crippen molar-refractivity contribution in [1.29, 1.82) is 0 Å². The van der Waals surface area contributed by atoms with Gasteiger partial charge in [-0.1, -0.05) is 49.4 Å². The van der Waals surface area contributed by atoms with Crippen molar-refractivity contribution < 1.29 is 14.3 Å². The lowest BCUT2D eigenvalue weighted by Crippen LogP contribution is -2.50. The van der Waals surface area contributed by atoms with Crippen LogP contribution in [0.15, 0.2) is 35.6 Å². The third kappa shape index (κ3) is 2.96. The van der Waals surface area contributed by atoms with E-state index in [1.165, 1.54) is 30.6 Å². The highest BCUT2D eigenvalue weighted by molar-refractivity contribution is 14.1. The Morgan fingerprint density at radius 3 is 2.68 bits per heavy atom. The lowest BCUT2D eigenvalue weighted by Gasteiger charge is -2.56. The van der Waals surface area contributed by atoms with E-state index in [4.69, 9.17) is 4.74 Å². The Kier molecular flexibility index (Phi) is 5.17. The van der Waals surface area contributed by atoms with Crippen molar-refractivity contribution in [3.8, 4) is 0 Å². The second-order valence-electron chi connectivity index (χ2n) is 9.86. The molecule has 152 valence electrons. The van der Waals surface area contributed by atoms with Gasteiger partial charge in [0.2, 0.25) is 0 Å². The van der Waals surface area contributed by atoms with Crippen LogP contribution in [0.1, 0.15) is 53.4 Å². The zero-order valence-electron chi connectivity index (χ0n) is 17.3. The van der Waals surface area contributed by atoms with Crippen LogP contribution in [0, 0.1) is 40.4 Å². The van der Waals surface area contributed by atoms with Gasteiger partial charge in [-0.15, -0.1) is 0 Å². The van der Waals surface area contributed by atoms with Crippen molar-refractivity contribution >= 4 is 34.3 Å². The fourth-order valence-corrected chi connectivity index (χ4v) is 7.66. The first-order valence-corrected chi connectivity index (χ1v) is 12.1. The molecule has 0 aromatic heterocycles. The second kappa shape index (κ2) is 7.10. The monoisotopic (exact) mass is 494 g/mol. The molecule has 0 N–H and O–H groups in total. The third-order valence-electron chi connectivity index (χ3n) is 8.45. The molecular formula is C24H31IO3. The number of allylic oxidation sites excluding steroid dienone is 6. The standard InChI is InChI=1S/C24H31IO3/c1-14(13-25)18-5-6-19-22-20(8-10-24(18,19)4)23(3)9-7-17(27)11-16(23)12-21(22)28-15(2)26/h7,9,11-12,14,18-20,22H,5-6,8,10,13H2,1-4H3/t14-,18-,19+,20+,22+,23+,24-/m1/s1. The van der Waals surface area contributed by atoms with Gasteiger partial charge in [-0.3, -0.25) is 9.59 Å². The summed E-state index contributed by atoms with van der Waals surface area (Å²) in [7, 11) is 0. The molecule has 0 aromatic carbocycles. The number of fused-ring (bicyclic) bond motifs is 5. The van der Waals surface area contributed by atoms with Gasteiger partial charge < -0.3 is 4.74 Å². The van der Waals surface area contributed by atoms with Gasteiger partial charge in [0.05, 0.1) is 0 Å². The molecule has 4 heteroatoms. The average molecular weight is 494 g/mol. The van der Waals surface area contributed by atoms with E-state index in [-0.39, 0.29) is 23.1 Å².